The van der Waals surface area contributed by atoms with Gasteiger partial charge in [0.05, 0.1) is 26.9 Å². The van der Waals surface area contributed by atoms with Gasteiger partial charge in [0.1, 0.15) is 0 Å². The van der Waals surface area contributed by atoms with Gasteiger partial charge < -0.3 is 24.4 Å². The van der Waals surface area contributed by atoms with E-state index in [2.05, 4.69) is 15.3 Å². The summed E-state index contributed by atoms with van der Waals surface area (Å²) in [6.07, 6.45) is 0.534. The average Bonchev–Trinajstić information content (AvgIpc) is 2.78. The van der Waals surface area contributed by atoms with E-state index < -0.39 is 0 Å². The van der Waals surface area contributed by atoms with Crippen LogP contribution in [0.25, 0.3) is 0 Å². The third-order valence-corrected chi connectivity index (χ3v) is 5.14. The molecule has 1 aliphatic heterocycles. The summed E-state index contributed by atoms with van der Waals surface area (Å²) in [6, 6.07) is 5.56. The molecule has 168 valence electrons. The molecule has 1 fully saturated rings. The van der Waals surface area contributed by atoms with Crippen LogP contribution in [-0.4, -0.2) is 55.9 Å². The van der Waals surface area contributed by atoms with Gasteiger partial charge in [-0.3, -0.25) is 14.6 Å². The van der Waals surface area contributed by atoms with E-state index in [1.807, 2.05) is 30.0 Å². The number of hydrogen-bond donors (Lipinski definition) is 2. The smallest absolute Gasteiger partial charge is 0.255 e. The number of nitrogens with one attached hydrogen (secondary N) is 2. The number of ether oxygens (including phenoxy) is 3. The number of methoxy groups -OCH3 is 1. The first-order chi connectivity index (χ1) is 15.0. The number of aromatic amines is 1. The van der Waals surface area contributed by atoms with Crippen molar-refractivity contribution in [3.05, 3.63) is 45.4 Å². The van der Waals surface area contributed by atoms with E-state index in [-0.39, 0.29) is 17.9 Å². The minimum absolute atomic E-state index is 0.135. The topological polar surface area (TPSA) is 106 Å². The van der Waals surface area contributed by atoms with E-state index in [9.17, 15) is 9.59 Å². The molecule has 2 heterocycles. The van der Waals surface area contributed by atoms with E-state index in [0.717, 1.165) is 5.56 Å². The molecule has 31 heavy (non-hydrogen) atoms. The molecule has 0 aliphatic carbocycles. The zero-order valence-electron chi connectivity index (χ0n) is 18.3. The zero-order chi connectivity index (χ0) is 22.2. The van der Waals surface area contributed by atoms with Crippen molar-refractivity contribution < 1.29 is 19.0 Å². The van der Waals surface area contributed by atoms with E-state index in [1.54, 1.807) is 14.0 Å². The summed E-state index contributed by atoms with van der Waals surface area (Å²) in [5.74, 6) is 1.72. The Labute approximate surface area is 181 Å². The van der Waals surface area contributed by atoms with Crippen LogP contribution in [0, 0.1) is 6.92 Å². The lowest BCUT2D eigenvalue weighted by atomic mass is 10.1. The number of anilines is 1. The van der Waals surface area contributed by atoms with Gasteiger partial charge in [-0.1, -0.05) is 6.07 Å². The lowest BCUT2D eigenvalue weighted by Gasteiger charge is -2.27. The Morgan fingerprint density at radius 3 is 2.74 bits per heavy atom. The normalized spacial score (nSPS) is 13.7. The summed E-state index contributed by atoms with van der Waals surface area (Å²) < 4.78 is 16.2. The Kier molecular flexibility index (Phi) is 7.88. The second kappa shape index (κ2) is 10.8. The third kappa shape index (κ3) is 5.97. The highest BCUT2D eigenvalue weighted by Gasteiger charge is 2.17. The molecule has 0 atom stereocenters. The Hall–Kier alpha value is -3.07. The summed E-state index contributed by atoms with van der Waals surface area (Å²) in [5.41, 5.74) is 1.89. The fourth-order valence-corrected chi connectivity index (χ4v) is 3.44. The maximum absolute atomic E-state index is 12.5. The number of nitrogens with zero attached hydrogens (tertiary/aromatic N) is 2. The SMILES string of the molecule is CCOc1ccc(CNC(=O)CCc2c(C)nc(N3CCOCC3)[nH]c2=O)cc1OC. The fourth-order valence-electron chi connectivity index (χ4n) is 3.44. The molecule has 1 amide bonds. The number of morpholine rings is 1. The Morgan fingerprint density at radius 1 is 1.29 bits per heavy atom. The number of benzene rings is 1. The number of carbonyl (C=O) groups excluding carboxylic acids is 1. The Balaban J connectivity index is 1.55. The third-order valence-electron chi connectivity index (χ3n) is 5.14. The van der Waals surface area contributed by atoms with Gasteiger partial charge in [0.2, 0.25) is 11.9 Å². The molecule has 0 saturated carbocycles. The molecule has 9 heteroatoms. The lowest BCUT2D eigenvalue weighted by Crippen LogP contribution is -2.38. The number of aryl methyl sites for hydroxylation is 1. The Morgan fingerprint density at radius 2 is 2.06 bits per heavy atom. The van der Waals surface area contributed by atoms with Crippen LogP contribution >= 0.6 is 0 Å². The van der Waals surface area contributed by atoms with Gasteiger partial charge >= 0.3 is 0 Å². The van der Waals surface area contributed by atoms with Crippen molar-refractivity contribution in [2.45, 2.75) is 33.2 Å². The van der Waals surface area contributed by atoms with Crippen molar-refractivity contribution in [3.8, 4) is 11.5 Å². The molecule has 0 radical (unpaired) electrons. The van der Waals surface area contributed by atoms with Gasteiger partial charge in [-0.25, -0.2) is 4.98 Å². The van der Waals surface area contributed by atoms with Gasteiger partial charge in [0.15, 0.2) is 11.5 Å². The second-order valence-electron chi connectivity index (χ2n) is 7.25. The number of carbonyl (C=O) groups is 1. The summed E-state index contributed by atoms with van der Waals surface area (Å²) in [5, 5.41) is 2.88. The zero-order valence-corrected chi connectivity index (χ0v) is 18.3. The molecule has 1 aromatic heterocycles. The van der Waals surface area contributed by atoms with E-state index >= 15 is 0 Å². The van der Waals surface area contributed by atoms with E-state index in [1.165, 1.54) is 0 Å². The van der Waals surface area contributed by atoms with Crippen LogP contribution in [0.15, 0.2) is 23.0 Å². The number of hydrogen-bond acceptors (Lipinski definition) is 7. The first-order valence-electron chi connectivity index (χ1n) is 10.5. The van der Waals surface area contributed by atoms with Gasteiger partial charge in [-0.15, -0.1) is 0 Å². The number of H-pyrrole nitrogens is 1. The van der Waals surface area contributed by atoms with Crippen LogP contribution in [0.4, 0.5) is 5.95 Å². The van der Waals surface area contributed by atoms with E-state index in [4.69, 9.17) is 14.2 Å². The molecule has 2 aromatic rings. The minimum Gasteiger partial charge on any atom is -0.493 e. The molecule has 3 rings (SSSR count). The highest BCUT2D eigenvalue weighted by Crippen LogP contribution is 2.28. The predicted molar refractivity (Wildman–Crippen MR) is 117 cm³/mol. The number of rotatable bonds is 9. The molecule has 1 saturated heterocycles. The molecule has 1 aliphatic rings. The van der Waals surface area contributed by atoms with E-state index in [0.29, 0.717) is 74.6 Å². The maximum Gasteiger partial charge on any atom is 0.255 e. The number of aromatic nitrogens is 2. The Bertz CT molecular complexity index is 953. The van der Waals surface area contributed by atoms with Crippen LogP contribution < -0.4 is 25.2 Å². The van der Waals surface area contributed by atoms with Crippen LogP contribution in [0.3, 0.4) is 0 Å². The summed E-state index contributed by atoms with van der Waals surface area (Å²) in [7, 11) is 1.58. The largest absolute Gasteiger partial charge is 0.493 e. The van der Waals surface area contributed by atoms with Gasteiger partial charge in [-0.05, 0) is 38.0 Å². The molecular weight excluding hydrogens is 400 g/mol. The summed E-state index contributed by atoms with van der Waals surface area (Å²) in [6.45, 7) is 7.25. The minimum atomic E-state index is -0.196. The van der Waals surface area contributed by atoms with Crippen LogP contribution in [0.2, 0.25) is 0 Å². The maximum atomic E-state index is 12.5. The average molecular weight is 431 g/mol. The molecule has 0 spiro atoms. The molecular formula is C22H30N4O5. The fraction of sp³-hybridized carbons (Fsp3) is 0.500. The van der Waals surface area contributed by atoms with Crippen molar-refractivity contribution in [1.29, 1.82) is 0 Å². The van der Waals surface area contributed by atoms with Gasteiger partial charge in [0, 0.05) is 37.3 Å². The van der Waals surface area contributed by atoms with Crippen LogP contribution in [0.1, 0.15) is 30.2 Å². The molecule has 9 nitrogen and oxygen atoms in total. The number of amides is 1. The monoisotopic (exact) mass is 430 g/mol. The van der Waals surface area contributed by atoms with Crippen molar-refractivity contribution in [2.75, 3.05) is 44.9 Å². The standard InChI is InChI=1S/C22H30N4O5/c1-4-31-18-7-5-16(13-19(18)29-3)14-23-20(27)8-6-17-15(2)24-22(25-21(17)28)26-9-11-30-12-10-26/h5,7,13H,4,6,8-12,14H2,1-3H3,(H,23,27)(H,24,25,28). The summed E-state index contributed by atoms with van der Waals surface area (Å²) in [4.78, 5) is 34.2. The second-order valence-corrected chi connectivity index (χ2v) is 7.25. The highest BCUT2D eigenvalue weighted by atomic mass is 16.5. The predicted octanol–water partition coefficient (Wildman–Crippen LogP) is 1.57. The molecule has 0 unspecified atom stereocenters. The van der Waals surface area contributed by atoms with Crippen molar-refractivity contribution in [2.24, 2.45) is 0 Å². The summed E-state index contributed by atoms with van der Waals surface area (Å²) >= 11 is 0. The first-order valence-corrected chi connectivity index (χ1v) is 10.5. The molecule has 2 N–H and O–H groups in total. The lowest BCUT2D eigenvalue weighted by molar-refractivity contribution is -0.121. The van der Waals surface area contributed by atoms with Crippen molar-refractivity contribution >= 4 is 11.9 Å². The van der Waals surface area contributed by atoms with Crippen LogP contribution in [-0.2, 0) is 22.5 Å². The molecule has 1 aromatic carbocycles. The first kappa shape index (κ1) is 22.6. The van der Waals surface area contributed by atoms with Crippen molar-refractivity contribution in [1.82, 2.24) is 15.3 Å². The van der Waals surface area contributed by atoms with Gasteiger partial charge in [-0.2, -0.15) is 0 Å². The van der Waals surface area contributed by atoms with Gasteiger partial charge in [0.25, 0.3) is 5.56 Å². The quantitative estimate of drug-likeness (QED) is 0.622. The van der Waals surface area contributed by atoms with Crippen molar-refractivity contribution in [3.63, 3.8) is 0 Å². The molecule has 0 bridgehead atoms. The van der Waals surface area contributed by atoms with Crippen LogP contribution in [0.5, 0.6) is 11.5 Å². The highest BCUT2D eigenvalue weighted by molar-refractivity contribution is 5.76.